The molecular weight excluding hydrogens is 264 g/mol. The van der Waals surface area contributed by atoms with Crippen molar-refractivity contribution in [1.29, 1.82) is 0 Å². The topological polar surface area (TPSA) is 52.0 Å². The van der Waals surface area contributed by atoms with Gasteiger partial charge in [-0.15, -0.1) is 10.2 Å². The van der Waals surface area contributed by atoms with Gasteiger partial charge in [0.05, 0.1) is 6.04 Å². The first-order valence-electron chi connectivity index (χ1n) is 7.76. The van der Waals surface area contributed by atoms with Crippen molar-refractivity contribution in [3.63, 3.8) is 0 Å². The highest BCUT2D eigenvalue weighted by Gasteiger charge is 2.30. The number of aromatic nitrogens is 3. The van der Waals surface area contributed by atoms with Crippen LogP contribution in [0.15, 0.2) is 30.3 Å². The fourth-order valence-electron chi connectivity index (χ4n) is 3.28. The molecule has 0 radical (unpaired) electrons. The highest BCUT2D eigenvalue weighted by molar-refractivity contribution is 5.26. The zero-order valence-electron chi connectivity index (χ0n) is 12.0. The third-order valence-corrected chi connectivity index (χ3v) is 4.35. The van der Waals surface area contributed by atoms with Crippen molar-refractivity contribution in [2.45, 2.75) is 38.0 Å². The predicted molar refractivity (Wildman–Crippen MR) is 78.9 cm³/mol. The van der Waals surface area contributed by atoms with E-state index in [-0.39, 0.29) is 12.1 Å². The molecule has 2 aliphatic heterocycles. The van der Waals surface area contributed by atoms with E-state index < -0.39 is 0 Å². The largest absolute Gasteiger partial charge is 0.370 e. The van der Waals surface area contributed by atoms with Crippen LogP contribution in [0.4, 0.5) is 0 Å². The van der Waals surface area contributed by atoms with Crippen molar-refractivity contribution >= 4 is 0 Å². The third-order valence-electron chi connectivity index (χ3n) is 4.35. The first-order valence-corrected chi connectivity index (χ1v) is 7.76. The molecular formula is C16H20N4O. The normalized spacial score (nSPS) is 25.5. The summed E-state index contributed by atoms with van der Waals surface area (Å²) in [6.07, 6.45) is 3.55. The lowest BCUT2D eigenvalue weighted by molar-refractivity contribution is 0.00678. The van der Waals surface area contributed by atoms with Gasteiger partial charge >= 0.3 is 0 Å². The van der Waals surface area contributed by atoms with Crippen LogP contribution in [-0.2, 0) is 11.3 Å². The lowest BCUT2D eigenvalue weighted by atomic mass is 10.0. The van der Waals surface area contributed by atoms with Crippen LogP contribution in [0.25, 0.3) is 0 Å². The molecule has 0 amide bonds. The van der Waals surface area contributed by atoms with E-state index in [2.05, 4.69) is 44.3 Å². The fourth-order valence-corrected chi connectivity index (χ4v) is 3.28. The quantitative estimate of drug-likeness (QED) is 0.918. The lowest BCUT2D eigenvalue weighted by Crippen LogP contribution is -2.35. The molecule has 5 nitrogen and oxygen atoms in total. The highest BCUT2D eigenvalue weighted by atomic mass is 16.5. The first kappa shape index (κ1) is 13.0. The molecule has 5 heteroatoms. The standard InChI is InChI=1S/C16H20N4O/c1-2-6-12(7-3-1)14-16-19-18-15(20(16)10-9-17-14)13-8-4-5-11-21-13/h1-3,6-7,13-14,17H,4-5,8-11H2. The van der Waals surface area contributed by atoms with Gasteiger partial charge in [0.15, 0.2) is 11.6 Å². The first-order chi connectivity index (χ1) is 10.4. The van der Waals surface area contributed by atoms with Gasteiger partial charge in [0.25, 0.3) is 0 Å². The van der Waals surface area contributed by atoms with Gasteiger partial charge in [0, 0.05) is 19.7 Å². The summed E-state index contributed by atoms with van der Waals surface area (Å²) >= 11 is 0. The Morgan fingerprint density at radius 1 is 1.10 bits per heavy atom. The van der Waals surface area contributed by atoms with Crippen LogP contribution in [0.5, 0.6) is 0 Å². The second-order valence-corrected chi connectivity index (χ2v) is 5.72. The molecule has 0 saturated carbocycles. The summed E-state index contributed by atoms with van der Waals surface area (Å²) in [5.74, 6) is 2.02. The summed E-state index contributed by atoms with van der Waals surface area (Å²) in [5, 5.41) is 12.4. The van der Waals surface area contributed by atoms with Crippen molar-refractivity contribution < 1.29 is 4.74 Å². The Hall–Kier alpha value is -1.72. The van der Waals surface area contributed by atoms with E-state index >= 15 is 0 Å². The Labute approximate surface area is 124 Å². The SMILES string of the molecule is c1ccc(C2NCCn3c(C4CCCCO4)nnc32)cc1. The number of hydrogen-bond acceptors (Lipinski definition) is 4. The van der Waals surface area contributed by atoms with Gasteiger partial charge in [-0.2, -0.15) is 0 Å². The minimum atomic E-state index is 0.120. The molecule has 21 heavy (non-hydrogen) atoms. The van der Waals surface area contributed by atoms with Crippen LogP contribution >= 0.6 is 0 Å². The Morgan fingerprint density at radius 2 is 1.95 bits per heavy atom. The van der Waals surface area contributed by atoms with Gasteiger partial charge in [-0.3, -0.25) is 0 Å². The number of benzene rings is 1. The maximum Gasteiger partial charge on any atom is 0.162 e. The number of rotatable bonds is 2. The molecule has 2 unspecified atom stereocenters. The van der Waals surface area contributed by atoms with Gasteiger partial charge < -0.3 is 14.6 Å². The number of ether oxygens (including phenoxy) is 1. The van der Waals surface area contributed by atoms with Crippen molar-refractivity contribution in [3.05, 3.63) is 47.5 Å². The number of hydrogen-bond donors (Lipinski definition) is 1. The van der Waals surface area contributed by atoms with Crippen LogP contribution in [0.2, 0.25) is 0 Å². The molecule has 3 heterocycles. The van der Waals surface area contributed by atoms with E-state index in [1.165, 1.54) is 12.0 Å². The van der Waals surface area contributed by atoms with Gasteiger partial charge in [-0.1, -0.05) is 30.3 Å². The van der Waals surface area contributed by atoms with Crippen molar-refractivity contribution in [3.8, 4) is 0 Å². The molecule has 1 aromatic heterocycles. The van der Waals surface area contributed by atoms with E-state index in [0.29, 0.717) is 0 Å². The molecule has 0 bridgehead atoms. The molecule has 0 aliphatic carbocycles. The molecule has 1 saturated heterocycles. The van der Waals surface area contributed by atoms with Gasteiger partial charge in [0.2, 0.25) is 0 Å². The predicted octanol–water partition coefficient (Wildman–Crippen LogP) is 2.21. The van der Waals surface area contributed by atoms with E-state index in [1.54, 1.807) is 0 Å². The maximum absolute atomic E-state index is 5.89. The highest BCUT2D eigenvalue weighted by Crippen LogP contribution is 2.30. The summed E-state index contributed by atoms with van der Waals surface area (Å²) in [6, 6.07) is 10.6. The lowest BCUT2D eigenvalue weighted by Gasteiger charge is -2.28. The maximum atomic E-state index is 5.89. The Kier molecular flexibility index (Phi) is 3.45. The molecule has 0 spiro atoms. The second-order valence-electron chi connectivity index (χ2n) is 5.72. The number of nitrogens with zero attached hydrogens (tertiary/aromatic N) is 3. The summed E-state index contributed by atoms with van der Waals surface area (Å²) in [6.45, 7) is 2.69. The number of fused-ring (bicyclic) bond motifs is 1. The molecule has 1 N–H and O–H groups in total. The fraction of sp³-hybridized carbons (Fsp3) is 0.500. The van der Waals surface area contributed by atoms with Crippen molar-refractivity contribution in [2.24, 2.45) is 0 Å². The number of nitrogens with one attached hydrogen (secondary N) is 1. The molecule has 1 aromatic carbocycles. The molecule has 1 fully saturated rings. The Bertz CT molecular complexity index is 604. The minimum Gasteiger partial charge on any atom is -0.370 e. The van der Waals surface area contributed by atoms with Crippen LogP contribution in [0, 0.1) is 0 Å². The Morgan fingerprint density at radius 3 is 2.76 bits per heavy atom. The van der Waals surface area contributed by atoms with Crippen LogP contribution in [0.3, 0.4) is 0 Å². The molecule has 2 aromatic rings. The average Bonchev–Trinajstić information content (AvgIpc) is 3.00. The molecule has 110 valence electrons. The average molecular weight is 284 g/mol. The molecule has 4 rings (SSSR count). The smallest absolute Gasteiger partial charge is 0.162 e. The van der Waals surface area contributed by atoms with Crippen LogP contribution in [-0.4, -0.2) is 27.9 Å². The third kappa shape index (κ3) is 2.36. The summed E-state index contributed by atoms with van der Waals surface area (Å²) < 4.78 is 8.14. The summed E-state index contributed by atoms with van der Waals surface area (Å²) in [7, 11) is 0. The van der Waals surface area contributed by atoms with Gasteiger partial charge in [-0.25, -0.2) is 0 Å². The monoisotopic (exact) mass is 284 g/mol. The zero-order chi connectivity index (χ0) is 14.1. The summed E-state index contributed by atoms with van der Waals surface area (Å²) in [4.78, 5) is 0. The van der Waals surface area contributed by atoms with E-state index in [0.717, 1.165) is 44.2 Å². The van der Waals surface area contributed by atoms with Crippen LogP contribution < -0.4 is 5.32 Å². The summed E-state index contributed by atoms with van der Waals surface area (Å²) in [5.41, 5.74) is 1.24. The Balaban J connectivity index is 1.68. The molecule has 2 atom stereocenters. The minimum absolute atomic E-state index is 0.120. The zero-order valence-corrected chi connectivity index (χ0v) is 12.0. The van der Waals surface area contributed by atoms with Gasteiger partial charge in [-0.05, 0) is 24.8 Å². The van der Waals surface area contributed by atoms with Gasteiger partial charge in [0.1, 0.15) is 6.10 Å². The van der Waals surface area contributed by atoms with Crippen molar-refractivity contribution in [1.82, 2.24) is 20.1 Å². The van der Waals surface area contributed by atoms with E-state index in [1.807, 2.05) is 6.07 Å². The van der Waals surface area contributed by atoms with Crippen molar-refractivity contribution in [2.75, 3.05) is 13.2 Å². The molecule has 2 aliphatic rings. The van der Waals surface area contributed by atoms with E-state index in [9.17, 15) is 0 Å². The van der Waals surface area contributed by atoms with Crippen LogP contribution in [0.1, 0.15) is 48.6 Å². The second kappa shape index (κ2) is 5.58. The van der Waals surface area contributed by atoms with E-state index in [4.69, 9.17) is 4.74 Å².